The van der Waals surface area contributed by atoms with E-state index >= 15 is 0 Å². The Morgan fingerprint density at radius 1 is 1.36 bits per heavy atom. The van der Waals surface area contributed by atoms with E-state index in [9.17, 15) is 0 Å². The Morgan fingerprint density at radius 3 is 3.00 bits per heavy atom. The number of hydrogen-bond donors (Lipinski definition) is 0. The molecule has 0 saturated heterocycles. The maximum atomic E-state index is 4.21. The van der Waals surface area contributed by atoms with Gasteiger partial charge in [0, 0.05) is 0 Å². The van der Waals surface area contributed by atoms with E-state index in [1.807, 2.05) is 6.20 Å². The fourth-order valence-corrected chi connectivity index (χ4v) is 1.26. The summed E-state index contributed by atoms with van der Waals surface area (Å²) in [5.41, 5.74) is 1.18. The van der Waals surface area contributed by atoms with Crippen LogP contribution in [-0.4, -0.2) is 25.2 Å². The Morgan fingerprint density at radius 2 is 2.36 bits per heavy atom. The van der Waals surface area contributed by atoms with Crippen LogP contribution in [0.5, 0.6) is 0 Å². The number of aliphatic imine (C=N–C) groups is 1. The molecule has 1 radical (unpaired) electrons. The summed E-state index contributed by atoms with van der Waals surface area (Å²) < 4.78 is 0. The van der Waals surface area contributed by atoms with Gasteiger partial charge in [0.05, 0.1) is 0 Å². The molecule has 11 heavy (non-hydrogen) atoms. The van der Waals surface area contributed by atoms with Crippen molar-refractivity contribution >= 4 is 25.2 Å². The first-order chi connectivity index (χ1) is 5.45. The molecular weight excluding hydrogens is 132 g/mol. The zero-order valence-corrected chi connectivity index (χ0v) is 6.33. The van der Waals surface area contributed by atoms with Crippen LogP contribution in [0.4, 0.5) is 0 Å². The van der Waals surface area contributed by atoms with E-state index in [1.165, 1.54) is 11.0 Å². The molecule has 0 saturated carbocycles. The molecule has 0 aromatic rings. The van der Waals surface area contributed by atoms with Crippen LogP contribution in [-0.2, 0) is 0 Å². The Bertz CT molecular complexity index is 246. The molecule has 0 fully saturated rings. The fraction of sp³-hybridized carbons (Fsp3) is 0.250. The van der Waals surface area contributed by atoms with Gasteiger partial charge >= 0.3 is 67.3 Å². The first kappa shape index (κ1) is 6.84. The average molecular weight is 140 g/mol. The minimum atomic E-state index is 0.997. The van der Waals surface area contributed by atoms with Gasteiger partial charge in [0.25, 0.3) is 0 Å². The Kier molecular flexibility index (Phi) is 1.89. The molecule has 0 amide bonds. The SMILES string of the molecule is [B](C1=BC=CC1)C1=NC=CC1. The van der Waals surface area contributed by atoms with E-state index in [2.05, 4.69) is 37.3 Å². The fourth-order valence-electron chi connectivity index (χ4n) is 1.26. The Balaban J connectivity index is 1.91. The molecule has 0 atom stereocenters. The Hall–Kier alpha value is -0.850. The van der Waals surface area contributed by atoms with Crippen molar-refractivity contribution in [3.63, 3.8) is 0 Å². The number of hydrogen-bond acceptors (Lipinski definition) is 1. The zero-order valence-electron chi connectivity index (χ0n) is 6.33. The van der Waals surface area contributed by atoms with Crippen LogP contribution in [0.1, 0.15) is 12.8 Å². The minimum absolute atomic E-state index is 0.997. The monoisotopic (exact) mass is 140 g/mol. The third-order valence-corrected chi connectivity index (χ3v) is 1.82. The van der Waals surface area contributed by atoms with E-state index in [-0.39, 0.29) is 0 Å². The summed E-state index contributed by atoms with van der Waals surface area (Å²) in [7, 11) is 2.17. The molecule has 51 valence electrons. The molecule has 0 aliphatic carbocycles. The van der Waals surface area contributed by atoms with Crippen LogP contribution in [0.3, 0.4) is 0 Å². The molecule has 0 N–H and O–H groups in total. The quantitative estimate of drug-likeness (QED) is 0.501. The van der Waals surface area contributed by atoms with Crippen LogP contribution in [0.25, 0.3) is 0 Å². The first-order valence-electron chi connectivity index (χ1n) is 3.87. The molecule has 1 nitrogen and oxygen atoms in total. The molecule has 2 aliphatic heterocycles. The van der Waals surface area contributed by atoms with Crippen LogP contribution < -0.4 is 0 Å². The second-order valence-electron chi connectivity index (χ2n) is 2.73. The van der Waals surface area contributed by atoms with Gasteiger partial charge in [-0.1, -0.05) is 0 Å². The summed E-state index contributed by atoms with van der Waals surface area (Å²) in [5.74, 6) is 2.09. The summed E-state index contributed by atoms with van der Waals surface area (Å²) in [6, 6.07) is 0. The van der Waals surface area contributed by atoms with Crippen molar-refractivity contribution in [3.8, 4) is 0 Å². The van der Waals surface area contributed by atoms with Crippen molar-refractivity contribution < 1.29 is 0 Å². The number of rotatable bonds is 2. The van der Waals surface area contributed by atoms with Crippen molar-refractivity contribution in [2.45, 2.75) is 12.8 Å². The van der Waals surface area contributed by atoms with E-state index in [0.717, 1.165) is 12.8 Å². The summed E-state index contributed by atoms with van der Waals surface area (Å²) >= 11 is 0. The Labute approximate surface area is 68.1 Å². The summed E-state index contributed by atoms with van der Waals surface area (Å²) in [5, 5.41) is 1.37. The third kappa shape index (κ3) is 1.59. The molecule has 3 heteroatoms. The van der Waals surface area contributed by atoms with Crippen molar-refractivity contribution in [1.82, 2.24) is 0 Å². The second kappa shape index (κ2) is 3.04. The van der Waals surface area contributed by atoms with Gasteiger partial charge in [-0.15, -0.1) is 0 Å². The van der Waals surface area contributed by atoms with Gasteiger partial charge in [-0.05, 0) is 0 Å². The zero-order chi connectivity index (χ0) is 7.52. The summed E-state index contributed by atoms with van der Waals surface area (Å²) in [6.07, 6.45) is 8.18. The molecule has 0 spiro atoms. The molecule has 0 unspecified atom stereocenters. The molecule has 0 aromatic carbocycles. The normalized spacial score (nSPS) is 19.6. The van der Waals surface area contributed by atoms with Crippen molar-refractivity contribution in [3.05, 3.63) is 24.3 Å². The predicted molar refractivity (Wildman–Crippen MR) is 51.5 cm³/mol. The third-order valence-electron chi connectivity index (χ3n) is 1.82. The molecule has 2 rings (SSSR count). The van der Waals surface area contributed by atoms with E-state index < -0.39 is 0 Å². The first-order valence-corrected chi connectivity index (χ1v) is 3.87. The van der Waals surface area contributed by atoms with Gasteiger partial charge in [0.15, 0.2) is 0 Å². The van der Waals surface area contributed by atoms with E-state index in [1.54, 1.807) is 0 Å². The van der Waals surface area contributed by atoms with Crippen molar-refractivity contribution in [2.75, 3.05) is 0 Å². The van der Waals surface area contributed by atoms with Gasteiger partial charge in [0.1, 0.15) is 0 Å². The van der Waals surface area contributed by atoms with Crippen LogP contribution >= 0.6 is 0 Å². The van der Waals surface area contributed by atoms with Crippen molar-refractivity contribution in [2.24, 2.45) is 4.99 Å². The maximum absolute atomic E-state index is 4.21. The van der Waals surface area contributed by atoms with Gasteiger partial charge in [0.2, 0.25) is 0 Å². The number of allylic oxidation sites excluding steroid dienone is 2. The van der Waals surface area contributed by atoms with Crippen LogP contribution in [0, 0.1) is 0 Å². The van der Waals surface area contributed by atoms with Gasteiger partial charge < -0.3 is 0 Å². The second-order valence-corrected chi connectivity index (χ2v) is 2.73. The molecular formula is C8H8B2N. The van der Waals surface area contributed by atoms with Gasteiger partial charge in [-0.25, -0.2) is 0 Å². The topological polar surface area (TPSA) is 12.4 Å². The van der Waals surface area contributed by atoms with Gasteiger partial charge in [-0.3, -0.25) is 0 Å². The van der Waals surface area contributed by atoms with Crippen LogP contribution in [0.2, 0.25) is 0 Å². The van der Waals surface area contributed by atoms with E-state index in [4.69, 9.17) is 0 Å². The molecule has 2 aliphatic rings. The summed E-state index contributed by atoms with van der Waals surface area (Å²) in [6.45, 7) is 2.14. The van der Waals surface area contributed by atoms with E-state index in [0.29, 0.717) is 0 Å². The number of nitrogens with zero attached hydrogens (tertiary/aromatic N) is 1. The predicted octanol–water partition coefficient (Wildman–Crippen LogP) is 0.758. The standard InChI is InChI=1S/C8H8B2N/c1-3-7(9-5-1)10-8-4-2-6-11-8/h1-2,5-6H,3-4H2. The van der Waals surface area contributed by atoms with Gasteiger partial charge in [-0.2, -0.15) is 0 Å². The molecule has 0 aromatic heterocycles. The van der Waals surface area contributed by atoms with Crippen LogP contribution in [0.15, 0.2) is 29.3 Å². The average Bonchev–Trinajstić information content (AvgIpc) is 2.60. The summed E-state index contributed by atoms with van der Waals surface area (Å²) in [4.78, 5) is 4.21. The molecule has 0 bridgehead atoms. The molecule has 2 heterocycles. The van der Waals surface area contributed by atoms with Crippen molar-refractivity contribution in [1.29, 1.82) is 0 Å².